The van der Waals surface area contributed by atoms with E-state index in [2.05, 4.69) is 5.32 Å². The molecule has 0 unspecified atom stereocenters. The van der Waals surface area contributed by atoms with Gasteiger partial charge in [0, 0.05) is 5.69 Å². The van der Waals surface area contributed by atoms with Gasteiger partial charge in [0.15, 0.2) is 0 Å². The van der Waals surface area contributed by atoms with Gasteiger partial charge in [-0.05, 0) is 12.1 Å². The second-order valence-corrected chi connectivity index (χ2v) is 3.73. The highest BCUT2D eigenvalue weighted by atomic mass is 32.1. The van der Waals surface area contributed by atoms with Gasteiger partial charge in [0.25, 0.3) is 0 Å². The fourth-order valence-electron chi connectivity index (χ4n) is 0.987. The van der Waals surface area contributed by atoms with Crippen molar-refractivity contribution in [2.75, 3.05) is 5.32 Å². The van der Waals surface area contributed by atoms with Crippen LogP contribution in [0.3, 0.4) is 0 Å². The Kier molecular flexibility index (Phi) is 4.16. The van der Waals surface area contributed by atoms with Gasteiger partial charge in [-0.3, -0.25) is 0 Å². The Balaban J connectivity index is 2.72. The second kappa shape index (κ2) is 5.39. The van der Waals surface area contributed by atoms with E-state index in [-0.39, 0.29) is 4.99 Å². The van der Waals surface area contributed by atoms with Crippen molar-refractivity contribution in [2.24, 2.45) is 11.7 Å². The van der Waals surface area contributed by atoms with Crippen LogP contribution in [0.15, 0.2) is 30.3 Å². The average molecular weight is 235 g/mol. The van der Waals surface area contributed by atoms with Gasteiger partial charge in [-0.1, -0.05) is 42.6 Å². The predicted molar refractivity (Wildman–Crippen MR) is 68.6 cm³/mol. The monoisotopic (exact) mass is 235 g/mol. The van der Waals surface area contributed by atoms with Crippen LogP contribution in [0, 0.1) is 17.2 Å². The van der Waals surface area contributed by atoms with Gasteiger partial charge < -0.3 is 11.1 Å². The summed E-state index contributed by atoms with van der Waals surface area (Å²) in [5.74, 6) is -0.713. The van der Waals surface area contributed by atoms with Crippen LogP contribution >= 0.6 is 24.4 Å². The first-order chi connectivity index (χ1) is 7.15. The van der Waals surface area contributed by atoms with Crippen molar-refractivity contribution in [1.82, 2.24) is 0 Å². The number of para-hydroxylation sites is 1. The maximum absolute atomic E-state index is 8.80. The molecule has 76 valence electrons. The third-order valence-corrected chi connectivity index (χ3v) is 2.29. The number of thiocarbonyl (C=S) groups is 2. The summed E-state index contributed by atoms with van der Waals surface area (Å²) in [6.07, 6.45) is 0. The van der Waals surface area contributed by atoms with Gasteiger partial charge in [-0.15, -0.1) is 0 Å². The summed E-state index contributed by atoms with van der Waals surface area (Å²) in [4.78, 5) is 0.419. The molecule has 0 aliphatic heterocycles. The van der Waals surface area contributed by atoms with Crippen molar-refractivity contribution in [3.05, 3.63) is 30.3 Å². The van der Waals surface area contributed by atoms with E-state index >= 15 is 0 Å². The van der Waals surface area contributed by atoms with Crippen molar-refractivity contribution in [3.8, 4) is 6.07 Å². The summed E-state index contributed by atoms with van der Waals surface area (Å²) in [7, 11) is 0. The smallest absolute Gasteiger partial charge is 0.146 e. The van der Waals surface area contributed by atoms with Crippen molar-refractivity contribution in [1.29, 1.82) is 5.26 Å². The minimum atomic E-state index is -0.713. The summed E-state index contributed by atoms with van der Waals surface area (Å²) in [5, 5.41) is 11.7. The molecule has 0 fully saturated rings. The molecule has 3 nitrogen and oxygen atoms in total. The van der Waals surface area contributed by atoms with E-state index in [1.54, 1.807) is 0 Å². The number of rotatable bonds is 3. The first-order valence-corrected chi connectivity index (χ1v) is 5.01. The predicted octanol–water partition coefficient (Wildman–Crippen LogP) is 1.85. The lowest BCUT2D eigenvalue weighted by molar-refractivity contribution is 1.23. The Morgan fingerprint density at radius 3 is 2.40 bits per heavy atom. The lowest BCUT2D eigenvalue weighted by Gasteiger charge is -2.11. The molecule has 0 spiro atoms. The van der Waals surface area contributed by atoms with Gasteiger partial charge in [-0.25, -0.2) is 0 Å². The van der Waals surface area contributed by atoms with Crippen LogP contribution in [-0.2, 0) is 0 Å². The van der Waals surface area contributed by atoms with Crippen molar-refractivity contribution in [2.45, 2.75) is 0 Å². The third kappa shape index (κ3) is 3.27. The Morgan fingerprint density at radius 1 is 1.33 bits per heavy atom. The van der Waals surface area contributed by atoms with Gasteiger partial charge in [0.2, 0.25) is 0 Å². The Bertz CT molecular complexity index is 408. The number of benzene rings is 1. The molecule has 0 aliphatic rings. The zero-order valence-electron chi connectivity index (χ0n) is 7.81. The number of hydrogen-bond donors (Lipinski definition) is 2. The zero-order valence-corrected chi connectivity index (χ0v) is 9.44. The standard InChI is InChI=1S/C10H9N3S2/c11-6-8(9(12)14)10(15)13-7-4-2-1-3-5-7/h1-5,8H,(H2,12,14)(H,13,15)/t8-/m0/s1. The molecule has 3 N–H and O–H groups in total. The van der Waals surface area contributed by atoms with Gasteiger partial charge >= 0.3 is 0 Å². The molecule has 0 saturated heterocycles. The van der Waals surface area contributed by atoms with Crippen LogP contribution in [0.4, 0.5) is 5.69 Å². The number of nitrogens with zero attached hydrogens (tertiary/aromatic N) is 1. The van der Waals surface area contributed by atoms with E-state index < -0.39 is 5.92 Å². The molecule has 0 aliphatic carbocycles. The van der Waals surface area contributed by atoms with Crippen molar-refractivity contribution >= 4 is 40.1 Å². The molecule has 1 aromatic rings. The molecular formula is C10H9N3S2. The summed E-state index contributed by atoms with van der Waals surface area (Å²) in [6.45, 7) is 0. The topological polar surface area (TPSA) is 61.8 Å². The van der Waals surface area contributed by atoms with Crippen molar-refractivity contribution in [3.63, 3.8) is 0 Å². The fourth-order valence-corrected chi connectivity index (χ4v) is 1.53. The van der Waals surface area contributed by atoms with Crippen LogP contribution in [-0.4, -0.2) is 9.98 Å². The molecule has 0 bridgehead atoms. The summed E-state index contributed by atoms with van der Waals surface area (Å²) < 4.78 is 0. The highest BCUT2D eigenvalue weighted by molar-refractivity contribution is 7.82. The highest BCUT2D eigenvalue weighted by Crippen LogP contribution is 2.08. The first kappa shape index (κ1) is 11.6. The molecule has 5 heteroatoms. The molecular weight excluding hydrogens is 226 g/mol. The average Bonchev–Trinajstić information content (AvgIpc) is 2.19. The molecule has 0 radical (unpaired) electrons. The molecule has 0 saturated carbocycles. The van der Waals surface area contributed by atoms with Gasteiger partial charge in [-0.2, -0.15) is 5.26 Å². The number of nitrogens with one attached hydrogen (secondary N) is 1. The first-order valence-electron chi connectivity index (χ1n) is 4.20. The number of anilines is 1. The summed E-state index contributed by atoms with van der Waals surface area (Å²) in [6, 6.07) is 11.3. The molecule has 0 amide bonds. The molecule has 0 aromatic heterocycles. The minimum Gasteiger partial charge on any atom is -0.392 e. The molecule has 1 aromatic carbocycles. The number of hydrogen-bond acceptors (Lipinski definition) is 3. The van der Waals surface area contributed by atoms with E-state index in [1.165, 1.54) is 0 Å². The van der Waals surface area contributed by atoms with Crippen LogP contribution < -0.4 is 11.1 Å². The Labute approximate surface area is 98.9 Å². The molecule has 15 heavy (non-hydrogen) atoms. The molecule has 1 atom stereocenters. The third-order valence-electron chi connectivity index (χ3n) is 1.72. The molecule has 1 rings (SSSR count). The SMILES string of the molecule is N#C[C@@H](C(N)=S)C(=S)Nc1ccccc1. The van der Waals surface area contributed by atoms with E-state index in [0.717, 1.165) is 5.69 Å². The quantitative estimate of drug-likeness (QED) is 0.783. The maximum Gasteiger partial charge on any atom is 0.146 e. The van der Waals surface area contributed by atoms with Crippen LogP contribution in [0.2, 0.25) is 0 Å². The number of nitrogens with two attached hydrogens (primary N) is 1. The van der Waals surface area contributed by atoms with Gasteiger partial charge in [0.1, 0.15) is 10.9 Å². The van der Waals surface area contributed by atoms with Crippen molar-refractivity contribution < 1.29 is 0 Å². The maximum atomic E-state index is 8.80. The number of nitriles is 1. The van der Waals surface area contributed by atoms with E-state index in [4.69, 9.17) is 35.4 Å². The summed E-state index contributed by atoms with van der Waals surface area (Å²) >= 11 is 9.77. The Hall–Kier alpha value is -1.51. The van der Waals surface area contributed by atoms with Gasteiger partial charge in [0.05, 0.1) is 11.1 Å². The highest BCUT2D eigenvalue weighted by Gasteiger charge is 2.16. The second-order valence-electron chi connectivity index (χ2n) is 2.82. The van der Waals surface area contributed by atoms with Crippen LogP contribution in [0.1, 0.15) is 0 Å². The lowest BCUT2D eigenvalue weighted by atomic mass is 10.1. The summed E-state index contributed by atoms with van der Waals surface area (Å²) in [5.41, 5.74) is 6.20. The fraction of sp³-hybridized carbons (Fsp3) is 0.100. The Morgan fingerprint density at radius 2 is 1.93 bits per heavy atom. The minimum absolute atomic E-state index is 0.0888. The van der Waals surface area contributed by atoms with E-state index in [1.807, 2.05) is 36.4 Å². The normalized spacial score (nSPS) is 11.1. The molecule has 0 heterocycles. The van der Waals surface area contributed by atoms with Crippen LogP contribution in [0.25, 0.3) is 0 Å². The van der Waals surface area contributed by atoms with E-state index in [0.29, 0.717) is 4.99 Å². The largest absolute Gasteiger partial charge is 0.392 e. The van der Waals surface area contributed by atoms with Crippen LogP contribution in [0.5, 0.6) is 0 Å². The zero-order chi connectivity index (χ0) is 11.3. The van der Waals surface area contributed by atoms with E-state index in [9.17, 15) is 0 Å². The lowest BCUT2D eigenvalue weighted by Crippen LogP contribution is -2.30.